The molecule has 19 heavy (non-hydrogen) atoms. The first-order chi connectivity index (χ1) is 8.86. The van der Waals surface area contributed by atoms with Crippen molar-refractivity contribution in [1.29, 1.82) is 0 Å². The van der Waals surface area contributed by atoms with E-state index < -0.39 is 3.79 Å². The van der Waals surface area contributed by atoms with Crippen LogP contribution in [0.5, 0.6) is 5.75 Å². The van der Waals surface area contributed by atoms with E-state index in [1.807, 2.05) is 38.1 Å². The van der Waals surface area contributed by atoms with E-state index in [0.717, 1.165) is 16.8 Å². The lowest BCUT2D eigenvalue weighted by atomic mass is 10.3. The van der Waals surface area contributed by atoms with Gasteiger partial charge in [-0.15, -0.1) is 0 Å². The normalized spacial score (nSPS) is 11.6. The molecule has 0 fully saturated rings. The van der Waals surface area contributed by atoms with Gasteiger partial charge in [0.25, 0.3) is 0 Å². The standard InChI is InChI=1S/C13H13Cl3N2O/c1-8(2)5-6-19-9-3-4-10-11(7-9)18-12(17-10)13(14,15)16/h3-5,7H,6H2,1-2H3,(H,17,18). The molecule has 102 valence electrons. The second-order valence-electron chi connectivity index (χ2n) is 4.35. The summed E-state index contributed by atoms with van der Waals surface area (Å²) in [6, 6.07) is 5.49. The summed E-state index contributed by atoms with van der Waals surface area (Å²) >= 11 is 17.4. The smallest absolute Gasteiger partial charge is 0.248 e. The third kappa shape index (κ3) is 3.78. The molecule has 0 saturated carbocycles. The van der Waals surface area contributed by atoms with Crippen molar-refractivity contribution in [1.82, 2.24) is 9.97 Å². The highest BCUT2D eigenvalue weighted by Crippen LogP contribution is 2.37. The van der Waals surface area contributed by atoms with Crippen LogP contribution < -0.4 is 4.74 Å². The zero-order valence-corrected chi connectivity index (χ0v) is 12.8. The first kappa shape index (κ1) is 14.5. The fourth-order valence-electron chi connectivity index (χ4n) is 1.52. The van der Waals surface area contributed by atoms with Crippen LogP contribution in [-0.4, -0.2) is 16.6 Å². The Kier molecular flexibility index (Phi) is 4.29. The van der Waals surface area contributed by atoms with E-state index in [1.54, 1.807) is 0 Å². The molecule has 0 aliphatic heterocycles. The lowest BCUT2D eigenvalue weighted by molar-refractivity contribution is 0.362. The number of allylic oxidation sites excluding steroid dienone is 1. The highest BCUT2D eigenvalue weighted by Gasteiger charge is 2.26. The van der Waals surface area contributed by atoms with Gasteiger partial charge in [-0.3, -0.25) is 0 Å². The number of hydrogen-bond acceptors (Lipinski definition) is 2. The lowest BCUT2D eigenvalue weighted by Gasteiger charge is -2.04. The van der Waals surface area contributed by atoms with Gasteiger partial charge < -0.3 is 9.72 Å². The number of benzene rings is 1. The Bertz CT molecular complexity index is 610. The van der Waals surface area contributed by atoms with Crippen LogP contribution in [0.25, 0.3) is 11.0 Å². The third-order valence-electron chi connectivity index (χ3n) is 2.46. The second kappa shape index (κ2) is 5.61. The first-order valence-electron chi connectivity index (χ1n) is 5.69. The van der Waals surface area contributed by atoms with Gasteiger partial charge in [0.05, 0.1) is 11.0 Å². The molecule has 1 aromatic heterocycles. The van der Waals surface area contributed by atoms with E-state index in [2.05, 4.69) is 9.97 Å². The van der Waals surface area contributed by atoms with E-state index in [4.69, 9.17) is 39.5 Å². The summed E-state index contributed by atoms with van der Waals surface area (Å²) in [4.78, 5) is 7.19. The Morgan fingerprint density at radius 1 is 1.37 bits per heavy atom. The monoisotopic (exact) mass is 318 g/mol. The fraction of sp³-hybridized carbons (Fsp3) is 0.308. The van der Waals surface area contributed by atoms with Crippen LogP contribution in [0.4, 0.5) is 0 Å². The quantitative estimate of drug-likeness (QED) is 0.656. The molecular weight excluding hydrogens is 307 g/mol. The number of fused-ring (bicyclic) bond motifs is 1. The van der Waals surface area contributed by atoms with Crippen molar-refractivity contribution in [2.45, 2.75) is 17.6 Å². The number of rotatable bonds is 3. The third-order valence-corrected chi connectivity index (χ3v) is 3.00. The molecule has 0 aliphatic rings. The van der Waals surface area contributed by atoms with Gasteiger partial charge in [0.15, 0.2) is 5.82 Å². The average molecular weight is 320 g/mol. The molecule has 0 aliphatic carbocycles. The van der Waals surface area contributed by atoms with Gasteiger partial charge in [-0.25, -0.2) is 4.98 Å². The van der Waals surface area contributed by atoms with Gasteiger partial charge in [0, 0.05) is 6.07 Å². The molecule has 0 amide bonds. The van der Waals surface area contributed by atoms with Crippen molar-refractivity contribution >= 4 is 45.8 Å². The van der Waals surface area contributed by atoms with Gasteiger partial charge in [-0.1, -0.05) is 40.4 Å². The predicted molar refractivity (Wildman–Crippen MR) is 80.3 cm³/mol. The topological polar surface area (TPSA) is 37.9 Å². The Balaban J connectivity index is 2.23. The number of H-pyrrole nitrogens is 1. The van der Waals surface area contributed by atoms with Gasteiger partial charge in [-0.2, -0.15) is 0 Å². The van der Waals surface area contributed by atoms with Crippen LogP contribution in [0.2, 0.25) is 0 Å². The molecular formula is C13H13Cl3N2O. The van der Waals surface area contributed by atoms with E-state index in [1.165, 1.54) is 5.57 Å². The maximum absolute atomic E-state index is 5.79. The molecule has 0 atom stereocenters. The van der Waals surface area contributed by atoms with E-state index in [0.29, 0.717) is 12.4 Å². The molecule has 1 N–H and O–H groups in total. The summed E-state index contributed by atoms with van der Waals surface area (Å²) in [5, 5.41) is 0. The Morgan fingerprint density at radius 2 is 2.11 bits per heavy atom. The van der Waals surface area contributed by atoms with Crippen molar-refractivity contribution < 1.29 is 4.74 Å². The van der Waals surface area contributed by atoms with Gasteiger partial charge >= 0.3 is 0 Å². The predicted octanol–water partition coefficient (Wildman–Crippen LogP) is 4.73. The highest BCUT2D eigenvalue weighted by molar-refractivity contribution is 6.66. The summed E-state index contributed by atoms with van der Waals surface area (Å²) in [5.41, 5.74) is 2.72. The number of aromatic amines is 1. The number of alkyl halides is 3. The van der Waals surface area contributed by atoms with Crippen molar-refractivity contribution in [3.63, 3.8) is 0 Å². The minimum Gasteiger partial charge on any atom is -0.489 e. The van der Waals surface area contributed by atoms with Gasteiger partial charge in [0.2, 0.25) is 3.79 Å². The molecule has 0 radical (unpaired) electrons. The van der Waals surface area contributed by atoms with Crippen LogP contribution in [0, 0.1) is 0 Å². The summed E-state index contributed by atoms with van der Waals surface area (Å²) < 4.78 is 4.04. The number of imidazole rings is 1. The lowest BCUT2D eigenvalue weighted by Crippen LogP contribution is -2.01. The van der Waals surface area contributed by atoms with E-state index in [-0.39, 0.29) is 0 Å². The first-order valence-corrected chi connectivity index (χ1v) is 6.83. The SMILES string of the molecule is CC(C)=CCOc1ccc2nc(C(Cl)(Cl)Cl)[nH]c2c1. The van der Waals surface area contributed by atoms with Gasteiger partial charge in [-0.05, 0) is 32.1 Å². The molecule has 2 aromatic rings. The zero-order valence-electron chi connectivity index (χ0n) is 10.5. The number of aromatic nitrogens is 2. The van der Waals surface area contributed by atoms with Crippen LogP contribution in [-0.2, 0) is 3.79 Å². The molecule has 1 heterocycles. The number of nitrogens with one attached hydrogen (secondary N) is 1. The molecule has 1 aromatic carbocycles. The summed E-state index contributed by atoms with van der Waals surface area (Å²) in [5.74, 6) is 1.04. The largest absolute Gasteiger partial charge is 0.489 e. The molecule has 0 bridgehead atoms. The highest BCUT2D eigenvalue weighted by atomic mass is 35.6. The van der Waals surface area contributed by atoms with Crippen molar-refractivity contribution in [2.75, 3.05) is 6.61 Å². The molecule has 2 rings (SSSR count). The minimum atomic E-state index is -1.55. The van der Waals surface area contributed by atoms with Crippen molar-refractivity contribution in [3.8, 4) is 5.75 Å². The summed E-state index contributed by atoms with van der Waals surface area (Å²) in [6.45, 7) is 4.57. The zero-order chi connectivity index (χ0) is 14.0. The molecule has 6 heteroatoms. The molecule has 0 unspecified atom stereocenters. The number of ether oxygens (including phenoxy) is 1. The number of hydrogen-bond donors (Lipinski definition) is 1. The second-order valence-corrected chi connectivity index (χ2v) is 6.64. The van der Waals surface area contributed by atoms with Gasteiger partial charge in [0.1, 0.15) is 12.4 Å². The Labute approximate surface area is 126 Å². The molecule has 0 saturated heterocycles. The fourth-order valence-corrected chi connectivity index (χ4v) is 1.79. The van der Waals surface area contributed by atoms with Crippen LogP contribution in [0.3, 0.4) is 0 Å². The summed E-state index contributed by atoms with van der Waals surface area (Å²) in [6.07, 6.45) is 2.00. The average Bonchev–Trinajstić information content (AvgIpc) is 2.71. The van der Waals surface area contributed by atoms with Crippen LogP contribution >= 0.6 is 34.8 Å². The minimum absolute atomic E-state index is 0.300. The summed E-state index contributed by atoms with van der Waals surface area (Å²) in [7, 11) is 0. The maximum Gasteiger partial charge on any atom is 0.248 e. The maximum atomic E-state index is 5.79. The van der Waals surface area contributed by atoms with Crippen molar-refractivity contribution in [3.05, 3.63) is 35.7 Å². The van der Waals surface area contributed by atoms with Crippen molar-refractivity contribution in [2.24, 2.45) is 0 Å². The molecule has 0 spiro atoms. The van der Waals surface area contributed by atoms with E-state index >= 15 is 0 Å². The number of nitrogens with zero attached hydrogens (tertiary/aromatic N) is 1. The van der Waals surface area contributed by atoms with Crippen LogP contribution in [0.1, 0.15) is 19.7 Å². The molecule has 3 nitrogen and oxygen atoms in total. The Hall–Kier alpha value is -0.900. The van der Waals surface area contributed by atoms with Crippen LogP contribution in [0.15, 0.2) is 29.8 Å². The van der Waals surface area contributed by atoms with E-state index in [9.17, 15) is 0 Å². The number of halogens is 3. The Morgan fingerprint density at radius 3 is 2.74 bits per heavy atom.